The van der Waals surface area contributed by atoms with Crippen LogP contribution in [-0.4, -0.2) is 29.3 Å². The number of carbonyl (C=O) groups excluding carboxylic acids is 1. The normalized spacial score (nSPS) is 34.0. The molecule has 3 rings (SSSR count). The maximum atomic E-state index is 12.8. The SMILES string of the molecule is CCCC1=C(C(=O)CS2(C)CCCC2)C2CC2CC1. The fourth-order valence-corrected chi connectivity index (χ4v) is 7.27. The van der Waals surface area contributed by atoms with E-state index in [-0.39, 0.29) is 0 Å². The molecule has 2 atom stereocenters. The minimum Gasteiger partial charge on any atom is -0.294 e. The lowest BCUT2D eigenvalue weighted by Gasteiger charge is -2.31. The van der Waals surface area contributed by atoms with E-state index in [4.69, 9.17) is 0 Å². The third-order valence-electron chi connectivity index (χ3n) is 5.35. The summed E-state index contributed by atoms with van der Waals surface area (Å²) < 4.78 is 0. The summed E-state index contributed by atoms with van der Waals surface area (Å²) in [6, 6.07) is 0. The number of Topliss-reactive ketones (excluding diaryl/α,β-unsaturated/α-hetero) is 1. The number of hydrogen-bond acceptors (Lipinski definition) is 1. The third kappa shape index (κ3) is 2.79. The number of hydrogen-bond donors (Lipinski definition) is 0. The summed E-state index contributed by atoms with van der Waals surface area (Å²) in [6.45, 7) is 2.25. The maximum absolute atomic E-state index is 12.8. The lowest BCUT2D eigenvalue weighted by molar-refractivity contribution is -0.113. The van der Waals surface area contributed by atoms with Crippen molar-refractivity contribution in [2.75, 3.05) is 23.5 Å². The topological polar surface area (TPSA) is 17.1 Å². The number of carbonyl (C=O) groups is 1. The Morgan fingerprint density at radius 3 is 2.74 bits per heavy atom. The van der Waals surface area contributed by atoms with Gasteiger partial charge in [0.1, 0.15) is 0 Å². The predicted octanol–water partition coefficient (Wildman–Crippen LogP) is 4.31. The molecule has 2 fully saturated rings. The van der Waals surface area contributed by atoms with E-state index in [0.717, 1.165) is 11.7 Å². The van der Waals surface area contributed by atoms with E-state index in [1.54, 1.807) is 5.57 Å². The molecule has 3 aliphatic rings. The van der Waals surface area contributed by atoms with Crippen LogP contribution < -0.4 is 0 Å². The fraction of sp³-hybridized carbons (Fsp3) is 0.824. The number of ketones is 1. The minimum absolute atomic E-state index is 0.565. The van der Waals surface area contributed by atoms with Gasteiger partial charge in [0.2, 0.25) is 0 Å². The highest BCUT2D eigenvalue weighted by Crippen LogP contribution is 2.56. The van der Waals surface area contributed by atoms with Crippen LogP contribution in [0.15, 0.2) is 11.1 Å². The molecule has 19 heavy (non-hydrogen) atoms. The van der Waals surface area contributed by atoms with Crippen LogP contribution in [0.3, 0.4) is 0 Å². The second-order valence-corrected chi connectivity index (χ2v) is 11.1. The van der Waals surface area contributed by atoms with Gasteiger partial charge in [-0.05, 0) is 73.7 Å². The van der Waals surface area contributed by atoms with Crippen LogP contribution in [0.25, 0.3) is 0 Å². The average molecular weight is 280 g/mol. The van der Waals surface area contributed by atoms with Gasteiger partial charge in [-0.3, -0.25) is 4.79 Å². The van der Waals surface area contributed by atoms with Crippen molar-refractivity contribution in [3.8, 4) is 0 Å². The zero-order chi connectivity index (χ0) is 13.5. The Bertz CT molecular complexity index is 403. The van der Waals surface area contributed by atoms with Gasteiger partial charge >= 0.3 is 0 Å². The Kier molecular flexibility index (Phi) is 3.81. The van der Waals surface area contributed by atoms with Gasteiger partial charge < -0.3 is 0 Å². The van der Waals surface area contributed by atoms with Crippen molar-refractivity contribution in [3.05, 3.63) is 11.1 Å². The first-order chi connectivity index (χ1) is 9.13. The summed E-state index contributed by atoms with van der Waals surface area (Å²) in [4.78, 5) is 12.8. The quantitative estimate of drug-likeness (QED) is 0.733. The smallest absolute Gasteiger partial charge is 0.167 e. The van der Waals surface area contributed by atoms with Crippen LogP contribution in [0.5, 0.6) is 0 Å². The van der Waals surface area contributed by atoms with Gasteiger partial charge in [0.05, 0.1) is 0 Å². The van der Waals surface area contributed by atoms with Gasteiger partial charge in [-0.15, -0.1) is 0 Å². The van der Waals surface area contributed by atoms with E-state index in [9.17, 15) is 4.79 Å². The van der Waals surface area contributed by atoms with Crippen LogP contribution in [0.1, 0.15) is 51.9 Å². The summed E-state index contributed by atoms with van der Waals surface area (Å²) in [5.74, 6) is 5.75. The molecule has 108 valence electrons. The van der Waals surface area contributed by atoms with Gasteiger partial charge in [-0.1, -0.05) is 18.9 Å². The monoisotopic (exact) mass is 280 g/mol. The summed E-state index contributed by atoms with van der Waals surface area (Å²) in [5.41, 5.74) is 2.88. The Balaban J connectivity index is 1.76. The van der Waals surface area contributed by atoms with E-state index in [0.29, 0.717) is 11.7 Å². The van der Waals surface area contributed by atoms with Gasteiger partial charge in [-0.25, -0.2) is 10.0 Å². The molecule has 1 aliphatic heterocycles. The molecule has 1 nitrogen and oxygen atoms in total. The molecule has 1 saturated carbocycles. The first kappa shape index (κ1) is 13.7. The Morgan fingerprint density at radius 2 is 2.05 bits per heavy atom. The van der Waals surface area contributed by atoms with Gasteiger partial charge in [0.15, 0.2) is 5.78 Å². The van der Waals surface area contributed by atoms with E-state index < -0.39 is 10.0 Å². The standard InChI is InChI=1S/C17H28OS/c1-3-6-13-7-8-14-11-15(14)17(13)16(18)12-19(2)9-4-5-10-19/h14-15H,3-12H2,1-2H3. The molecule has 0 aromatic carbocycles. The van der Waals surface area contributed by atoms with Crippen LogP contribution >= 0.6 is 10.0 Å². The second-order valence-electron chi connectivity index (χ2n) is 7.07. The Labute approximate surface area is 119 Å². The summed E-state index contributed by atoms with van der Waals surface area (Å²) in [5, 5.41) is 0. The molecule has 1 heterocycles. The molecule has 0 aromatic heterocycles. The highest BCUT2D eigenvalue weighted by molar-refractivity contribution is 8.33. The molecule has 1 saturated heterocycles. The lowest BCUT2D eigenvalue weighted by Crippen LogP contribution is -2.20. The van der Waals surface area contributed by atoms with Crippen LogP contribution in [-0.2, 0) is 4.79 Å². The first-order valence-electron chi connectivity index (χ1n) is 8.09. The summed E-state index contributed by atoms with van der Waals surface area (Å²) in [6.07, 6.45) is 11.4. The molecule has 2 unspecified atom stereocenters. The van der Waals surface area contributed by atoms with Gasteiger partial charge in [0.25, 0.3) is 0 Å². The molecular weight excluding hydrogens is 252 g/mol. The molecule has 2 aliphatic carbocycles. The molecule has 0 aromatic rings. The van der Waals surface area contributed by atoms with Crippen LogP contribution in [0.2, 0.25) is 0 Å². The second kappa shape index (κ2) is 5.27. The van der Waals surface area contributed by atoms with Gasteiger partial charge in [-0.2, -0.15) is 0 Å². The highest BCUT2D eigenvalue weighted by atomic mass is 32.3. The number of allylic oxidation sites excluding steroid dienone is 2. The van der Waals surface area contributed by atoms with E-state index in [2.05, 4.69) is 13.2 Å². The molecule has 0 bridgehead atoms. The first-order valence-corrected chi connectivity index (χ1v) is 10.6. The van der Waals surface area contributed by atoms with Crippen molar-refractivity contribution in [3.63, 3.8) is 0 Å². The van der Waals surface area contributed by atoms with Crippen molar-refractivity contribution in [2.45, 2.75) is 51.9 Å². The third-order valence-corrected chi connectivity index (χ3v) is 8.85. The largest absolute Gasteiger partial charge is 0.294 e. The summed E-state index contributed by atoms with van der Waals surface area (Å²) in [7, 11) is -0.579. The summed E-state index contributed by atoms with van der Waals surface area (Å²) >= 11 is 0. The van der Waals surface area contributed by atoms with Crippen molar-refractivity contribution in [2.24, 2.45) is 11.8 Å². The number of rotatable bonds is 5. The average Bonchev–Trinajstić information content (AvgIpc) is 3.03. The van der Waals surface area contributed by atoms with Gasteiger partial charge in [0, 0.05) is 5.75 Å². The molecule has 0 radical (unpaired) electrons. The van der Waals surface area contributed by atoms with Crippen molar-refractivity contribution < 1.29 is 4.79 Å². The molecule has 0 N–H and O–H groups in total. The molecule has 0 amide bonds. The molecule has 2 heteroatoms. The van der Waals surface area contributed by atoms with E-state index in [1.165, 1.54) is 62.0 Å². The fourth-order valence-electron chi connectivity index (χ4n) is 4.18. The number of fused-ring (bicyclic) bond motifs is 1. The van der Waals surface area contributed by atoms with Crippen molar-refractivity contribution in [1.29, 1.82) is 0 Å². The Hall–Kier alpha value is -0.240. The van der Waals surface area contributed by atoms with Crippen molar-refractivity contribution >= 4 is 15.8 Å². The maximum Gasteiger partial charge on any atom is 0.167 e. The van der Waals surface area contributed by atoms with E-state index >= 15 is 0 Å². The molecule has 0 spiro atoms. The van der Waals surface area contributed by atoms with Crippen molar-refractivity contribution in [1.82, 2.24) is 0 Å². The zero-order valence-corrected chi connectivity index (χ0v) is 13.4. The predicted molar refractivity (Wildman–Crippen MR) is 85.1 cm³/mol. The van der Waals surface area contributed by atoms with Crippen LogP contribution in [0, 0.1) is 11.8 Å². The zero-order valence-electron chi connectivity index (χ0n) is 12.5. The van der Waals surface area contributed by atoms with E-state index in [1.807, 2.05) is 0 Å². The highest BCUT2D eigenvalue weighted by Gasteiger charge is 2.46. The molecular formula is C17H28OS. The minimum atomic E-state index is -0.579. The Morgan fingerprint density at radius 1 is 1.32 bits per heavy atom. The van der Waals surface area contributed by atoms with Crippen LogP contribution in [0.4, 0.5) is 0 Å². The lowest BCUT2D eigenvalue weighted by atomic mass is 9.87.